The monoisotopic (exact) mass is 201 g/mol. The maximum Gasteiger partial charge on any atom is 0.0553 e. The Morgan fingerprint density at radius 1 is 1.38 bits per heavy atom. The number of para-hydroxylation sites is 1. The van der Waals surface area contributed by atoms with Gasteiger partial charge in [0.1, 0.15) is 0 Å². The van der Waals surface area contributed by atoms with E-state index in [4.69, 9.17) is 0 Å². The van der Waals surface area contributed by atoms with E-state index in [-0.39, 0.29) is 18.5 Å². The van der Waals surface area contributed by atoms with Gasteiger partial charge < -0.3 is 10.4 Å². The lowest BCUT2D eigenvalue weighted by atomic mass is 10.1. The molecule has 0 aromatic heterocycles. The Hall–Kier alpha value is -0.730. The van der Waals surface area contributed by atoms with Crippen LogP contribution >= 0.6 is 12.4 Å². The lowest BCUT2D eigenvalue weighted by Crippen LogP contribution is -2.06. The summed E-state index contributed by atoms with van der Waals surface area (Å²) in [7, 11) is 1.89. The molecule has 0 aliphatic carbocycles. The van der Waals surface area contributed by atoms with Gasteiger partial charge in [-0.25, -0.2) is 0 Å². The molecule has 2 nitrogen and oxygen atoms in total. The van der Waals surface area contributed by atoms with Crippen molar-refractivity contribution in [1.82, 2.24) is 0 Å². The molecule has 0 bridgehead atoms. The molecule has 1 rings (SSSR count). The molecule has 0 radical (unpaired) electrons. The van der Waals surface area contributed by atoms with Gasteiger partial charge in [-0.3, -0.25) is 0 Å². The van der Waals surface area contributed by atoms with Crippen molar-refractivity contribution >= 4 is 18.1 Å². The van der Waals surface area contributed by atoms with E-state index >= 15 is 0 Å². The molecule has 0 saturated heterocycles. The van der Waals surface area contributed by atoms with Crippen LogP contribution < -0.4 is 5.32 Å². The van der Waals surface area contributed by atoms with Crippen molar-refractivity contribution in [2.24, 2.45) is 0 Å². The molecule has 74 valence electrons. The van der Waals surface area contributed by atoms with Crippen LogP contribution in [0.2, 0.25) is 0 Å². The molecule has 0 amide bonds. The first kappa shape index (κ1) is 12.3. The minimum Gasteiger partial charge on any atom is -0.393 e. The van der Waals surface area contributed by atoms with Crippen LogP contribution in [0.15, 0.2) is 24.3 Å². The van der Waals surface area contributed by atoms with Gasteiger partial charge in [0.05, 0.1) is 6.10 Å². The predicted octanol–water partition coefficient (Wildman–Crippen LogP) is 2.07. The highest BCUT2D eigenvalue weighted by molar-refractivity contribution is 5.85. The van der Waals surface area contributed by atoms with E-state index in [0.29, 0.717) is 6.42 Å². The third-order valence-electron chi connectivity index (χ3n) is 1.80. The highest BCUT2D eigenvalue weighted by atomic mass is 35.5. The smallest absolute Gasteiger partial charge is 0.0553 e. The van der Waals surface area contributed by atoms with E-state index in [1.807, 2.05) is 31.3 Å². The van der Waals surface area contributed by atoms with Crippen LogP contribution in [0.4, 0.5) is 5.69 Å². The summed E-state index contributed by atoms with van der Waals surface area (Å²) in [6, 6.07) is 8.01. The zero-order chi connectivity index (χ0) is 8.97. The van der Waals surface area contributed by atoms with Gasteiger partial charge in [-0.2, -0.15) is 0 Å². The molecule has 13 heavy (non-hydrogen) atoms. The van der Waals surface area contributed by atoms with E-state index in [1.165, 1.54) is 0 Å². The SMILES string of the molecule is CNc1ccccc1CC(C)O.Cl. The van der Waals surface area contributed by atoms with E-state index in [9.17, 15) is 5.11 Å². The Morgan fingerprint density at radius 2 is 2.00 bits per heavy atom. The first-order valence-corrected chi connectivity index (χ1v) is 4.17. The Bertz CT molecular complexity index is 250. The fraction of sp³-hybridized carbons (Fsp3) is 0.400. The second-order valence-corrected chi connectivity index (χ2v) is 2.96. The normalized spacial score (nSPS) is 11.6. The highest BCUT2D eigenvalue weighted by Gasteiger charge is 2.02. The Kier molecular flexibility index (Phi) is 5.51. The number of hydrogen-bond donors (Lipinski definition) is 2. The first-order valence-electron chi connectivity index (χ1n) is 4.17. The van der Waals surface area contributed by atoms with Gasteiger partial charge in [0.2, 0.25) is 0 Å². The fourth-order valence-electron chi connectivity index (χ4n) is 1.26. The summed E-state index contributed by atoms with van der Waals surface area (Å²) in [5.41, 5.74) is 2.26. The topological polar surface area (TPSA) is 32.3 Å². The van der Waals surface area contributed by atoms with Gasteiger partial charge >= 0.3 is 0 Å². The molecule has 1 aromatic carbocycles. The highest BCUT2D eigenvalue weighted by Crippen LogP contribution is 2.15. The molecule has 1 unspecified atom stereocenters. The fourth-order valence-corrected chi connectivity index (χ4v) is 1.26. The van der Waals surface area contributed by atoms with Crippen LogP contribution in [-0.2, 0) is 6.42 Å². The Labute approximate surface area is 85.4 Å². The van der Waals surface area contributed by atoms with Gasteiger partial charge in [0.15, 0.2) is 0 Å². The van der Waals surface area contributed by atoms with Crippen molar-refractivity contribution in [2.45, 2.75) is 19.4 Å². The third-order valence-corrected chi connectivity index (χ3v) is 1.80. The zero-order valence-electron chi connectivity index (χ0n) is 7.95. The largest absolute Gasteiger partial charge is 0.393 e. The van der Waals surface area contributed by atoms with Crippen molar-refractivity contribution in [3.8, 4) is 0 Å². The molecule has 3 heteroatoms. The molecule has 0 aliphatic heterocycles. The quantitative estimate of drug-likeness (QED) is 0.785. The zero-order valence-corrected chi connectivity index (χ0v) is 8.77. The van der Waals surface area contributed by atoms with Crippen LogP contribution in [0, 0.1) is 0 Å². The van der Waals surface area contributed by atoms with E-state index < -0.39 is 0 Å². The molecule has 1 atom stereocenters. The number of benzene rings is 1. The standard InChI is InChI=1S/C10H15NO.ClH/c1-8(12)7-9-5-3-4-6-10(9)11-2;/h3-6,8,11-12H,7H2,1-2H3;1H. The summed E-state index contributed by atoms with van der Waals surface area (Å²) in [6.45, 7) is 1.80. The number of halogens is 1. The van der Waals surface area contributed by atoms with Crippen molar-refractivity contribution in [3.63, 3.8) is 0 Å². The number of nitrogens with one attached hydrogen (secondary N) is 1. The number of aliphatic hydroxyl groups excluding tert-OH is 1. The van der Waals surface area contributed by atoms with Crippen LogP contribution in [0.5, 0.6) is 0 Å². The van der Waals surface area contributed by atoms with Gasteiger partial charge in [-0.05, 0) is 18.6 Å². The number of anilines is 1. The van der Waals surface area contributed by atoms with Crippen LogP contribution in [0.1, 0.15) is 12.5 Å². The average Bonchev–Trinajstić information content (AvgIpc) is 2.04. The minimum absolute atomic E-state index is 0. The van der Waals surface area contributed by atoms with E-state index in [0.717, 1.165) is 11.3 Å². The van der Waals surface area contributed by atoms with Gasteiger partial charge in [-0.15, -0.1) is 12.4 Å². The number of aliphatic hydroxyl groups is 1. The molecule has 0 saturated carbocycles. The molecular weight excluding hydrogens is 186 g/mol. The number of rotatable bonds is 3. The van der Waals surface area contributed by atoms with Crippen LogP contribution in [-0.4, -0.2) is 18.3 Å². The molecule has 0 spiro atoms. The van der Waals surface area contributed by atoms with E-state index in [2.05, 4.69) is 5.32 Å². The van der Waals surface area contributed by atoms with Gasteiger partial charge in [-0.1, -0.05) is 18.2 Å². The Morgan fingerprint density at radius 3 is 2.54 bits per heavy atom. The molecular formula is C10H16ClNO. The third kappa shape index (κ3) is 3.66. The van der Waals surface area contributed by atoms with Gasteiger partial charge in [0, 0.05) is 19.2 Å². The molecule has 0 aliphatic rings. The Balaban J connectivity index is 0.00000144. The molecule has 2 N–H and O–H groups in total. The van der Waals surface area contributed by atoms with Gasteiger partial charge in [0.25, 0.3) is 0 Å². The van der Waals surface area contributed by atoms with E-state index in [1.54, 1.807) is 6.92 Å². The molecule has 0 fully saturated rings. The second-order valence-electron chi connectivity index (χ2n) is 2.96. The van der Waals surface area contributed by atoms with Crippen LogP contribution in [0.25, 0.3) is 0 Å². The first-order chi connectivity index (χ1) is 5.74. The summed E-state index contributed by atoms with van der Waals surface area (Å²) in [4.78, 5) is 0. The van der Waals surface area contributed by atoms with Crippen LogP contribution in [0.3, 0.4) is 0 Å². The average molecular weight is 202 g/mol. The van der Waals surface area contributed by atoms with Crippen molar-refractivity contribution < 1.29 is 5.11 Å². The summed E-state index contributed by atoms with van der Waals surface area (Å²) < 4.78 is 0. The summed E-state index contributed by atoms with van der Waals surface area (Å²) in [5, 5.41) is 12.3. The predicted molar refractivity (Wildman–Crippen MR) is 58.6 cm³/mol. The van der Waals surface area contributed by atoms with Crippen molar-refractivity contribution in [3.05, 3.63) is 29.8 Å². The second kappa shape index (κ2) is 5.84. The number of hydrogen-bond acceptors (Lipinski definition) is 2. The molecule has 0 heterocycles. The van der Waals surface area contributed by atoms with Crippen molar-refractivity contribution in [1.29, 1.82) is 0 Å². The molecule has 1 aromatic rings. The lowest BCUT2D eigenvalue weighted by molar-refractivity contribution is 0.195. The summed E-state index contributed by atoms with van der Waals surface area (Å²) >= 11 is 0. The maximum absolute atomic E-state index is 9.20. The maximum atomic E-state index is 9.20. The lowest BCUT2D eigenvalue weighted by Gasteiger charge is -2.09. The minimum atomic E-state index is -0.278. The van der Waals surface area contributed by atoms with Crippen molar-refractivity contribution in [2.75, 3.05) is 12.4 Å². The summed E-state index contributed by atoms with van der Waals surface area (Å²) in [6.07, 6.45) is 0.427. The summed E-state index contributed by atoms with van der Waals surface area (Å²) in [5.74, 6) is 0.